The maximum absolute atomic E-state index is 13.2. The van der Waals surface area contributed by atoms with Crippen molar-refractivity contribution in [3.05, 3.63) is 78.1 Å². The maximum atomic E-state index is 13.2. The van der Waals surface area contributed by atoms with E-state index in [1.54, 1.807) is 24.4 Å². The van der Waals surface area contributed by atoms with Gasteiger partial charge in [0.2, 0.25) is 0 Å². The van der Waals surface area contributed by atoms with Gasteiger partial charge in [-0.25, -0.2) is 13.1 Å². The van der Waals surface area contributed by atoms with Crippen LogP contribution in [0.1, 0.15) is 39.0 Å². The van der Waals surface area contributed by atoms with Crippen LogP contribution in [0.2, 0.25) is 0 Å². The van der Waals surface area contributed by atoms with Crippen molar-refractivity contribution in [1.82, 2.24) is 14.8 Å². The van der Waals surface area contributed by atoms with Crippen molar-refractivity contribution < 1.29 is 13.2 Å². The second kappa shape index (κ2) is 8.44. The van der Waals surface area contributed by atoms with Crippen LogP contribution in [0.5, 0.6) is 0 Å². The Morgan fingerprint density at radius 2 is 1.76 bits per heavy atom. The van der Waals surface area contributed by atoms with Crippen LogP contribution in [-0.2, 0) is 26.7 Å². The number of rotatable bonds is 6. The highest BCUT2D eigenvalue weighted by Crippen LogP contribution is 2.28. The highest BCUT2D eigenvalue weighted by Gasteiger charge is 2.21. The zero-order valence-corrected chi connectivity index (χ0v) is 19.8. The molecular weight excluding hydrogens is 436 g/mol. The van der Waals surface area contributed by atoms with Gasteiger partial charge in [0.1, 0.15) is 11.6 Å². The summed E-state index contributed by atoms with van der Waals surface area (Å²) in [5.74, 6) is 0.189. The molecule has 4 aromatic rings. The first-order valence-corrected chi connectivity index (χ1v) is 12.1. The molecule has 0 bridgehead atoms. The SMILES string of the molecule is CC(=O)Cc1cc(NS(=O)(=O)c2ccc(C(C)(C)C)cc2)n(-c2cccc3ncccc23)n1. The first kappa shape index (κ1) is 22.7. The van der Waals surface area contributed by atoms with E-state index in [4.69, 9.17) is 0 Å². The fourth-order valence-corrected chi connectivity index (χ4v) is 4.66. The van der Waals surface area contributed by atoms with Gasteiger partial charge in [-0.3, -0.25) is 14.5 Å². The molecular formula is C25H26N4O3S. The maximum Gasteiger partial charge on any atom is 0.263 e. The Bertz CT molecular complexity index is 1430. The molecule has 2 heterocycles. The van der Waals surface area contributed by atoms with Gasteiger partial charge in [0.15, 0.2) is 0 Å². The molecule has 0 atom stereocenters. The van der Waals surface area contributed by atoms with Gasteiger partial charge in [0.25, 0.3) is 10.0 Å². The summed E-state index contributed by atoms with van der Waals surface area (Å²) in [7, 11) is -3.89. The van der Waals surface area contributed by atoms with E-state index in [0.717, 1.165) is 16.5 Å². The highest BCUT2D eigenvalue weighted by molar-refractivity contribution is 7.92. The van der Waals surface area contributed by atoms with Crippen LogP contribution in [0.25, 0.3) is 16.6 Å². The van der Waals surface area contributed by atoms with Gasteiger partial charge in [0, 0.05) is 17.6 Å². The van der Waals surface area contributed by atoms with Crippen molar-refractivity contribution in [3.63, 3.8) is 0 Å². The van der Waals surface area contributed by atoms with Crippen LogP contribution in [0.15, 0.2) is 71.8 Å². The van der Waals surface area contributed by atoms with Crippen molar-refractivity contribution in [2.75, 3.05) is 4.72 Å². The molecule has 4 rings (SSSR count). The van der Waals surface area contributed by atoms with Gasteiger partial charge in [-0.05, 0) is 54.3 Å². The number of Topliss-reactive ketones (excluding diaryl/α,β-unsaturated/α-hetero) is 1. The van der Waals surface area contributed by atoms with Gasteiger partial charge < -0.3 is 0 Å². The average molecular weight is 463 g/mol. The van der Waals surface area contributed by atoms with E-state index >= 15 is 0 Å². The van der Waals surface area contributed by atoms with E-state index in [-0.39, 0.29) is 28.3 Å². The monoisotopic (exact) mass is 462 g/mol. The Morgan fingerprint density at radius 3 is 2.42 bits per heavy atom. The first-order chi connectivity index (χ1) is 15.5. The first-order valence-electron chi connectivity index (χ1n) is 10.6. The Balaban J connectivity index is 1.78. The minimum atomic E-state index is -3.89. The van der Waals surface area contributed by atoms with Crippen LogP contribution in [0.3, 0.4) is 0 Å². The summed E-state index contributed by atoms with van der Waals surface area (Å²) in [5, 5.41) is 5.35. The predicted octanol–water partition coefficient (Wildman–Crippen LogP) is 4.65. The van der Waals surface area contributed by atoms with E-state index in [0.29, 0.717) is 11.4 Å². The highest BCUT2D eigenvalue weighted by atomic mass is 32.2. The molecule has 8 heteroatoms. The molecule has 0 radical (unpaired) electrons. The minimum absolute atomic E-state index is 0.0635. The number of pyridine rings is 1. The summed E-state index contributed by atoms with van der Waals surface area (Å²) >= 11 is 0. The second-order valence-electron chi connectivity index (χ2n) is 9.04. The van der Waals surface area contributed by atoms with Crippen molar-refractivity contribution in [2.45, 2.75) is 44.4 Å². The standard InChI is InChI=1S/C25H26N4O3S/c1-17(30)15-19-16-24(28-33(31,32)20-12-10-18(11-13-20)25(2,3)4)29(27-19)23-9-5-8-22-21(23)7-6-14-26-22/h5-14,16,28H,15H2,1-4H3. The Kier molecular flexibility index (Phi) is 5.80. The predicted molar refractivity (Wildman–Crippen MR) is 129 cm³/mol. The lowest BCUT2D eigenvalue weighted by Crippen LogP contribution is -2.17. The molecule has 2 aromatic carbocycles. The lowest BCUT2D eigenvalue weighted by atomic mass is 9.87. The molecule has 0 saturated carbocycles. The summed E-state index contributed by atoms with van der Waals surface area (Å²) < 4.78 is 30.6. The zero-order valence-electron chi connectivity index (χ0n) is 19.0. The molecule has 7 nitrogen and oxygen atoms in total. The fraction of sp³-hybridized carbons (Fsp3) is 0.240. The number of hydrogen-bond acceptors (Lipinski definition) is 5. The molecule has 0 spiro atoms. The van der Waals surface area contributed by atoms with Crippen molar-refractivity contribution in [1.29, 1.82) is 0 Å². The number of hydrogen-bond donors (Lipinski definition) is 1. The molecule has 0 fully saturated rings. The topological polar surface area (TPSA) is 94.0 Å². The number of fused-ring (bicyclic) bond motifs is 1. The summed E-state index contributed by atoms with van der Waals surface area (Å²) in [6, 6.07) is 17.7. The van der Waals surface area contributed by atoms with Gasteiger partial charge in [-0.15, -0.1) is 0 Å². The molecule has 0 aliphatic carbocycles. The molecule has 0 saturated heterocycles. The third kappa shape index (κ3) is 4.80. The average Bonchev–Trinajstić information content (AvgIpc) is 3.13. The van der Waals surface area contributed by atoms with E-state index in [1.165, 1.54) is 11.6 Å². The second-order valence-corrected chi connectivity index (χ2v) is 10.7. The van der Waals surface area contributed by atoms with Crippen LogP contribution >= 0.6 is 0 Å². The normalized spacial score (nSPS) is 12.1. The quantitative estimate of drug-likeness (QED) is 0.450. The van der Waals surface area contributed by atoms with Gasteiger partial charge in [-0.1, -0.05) is 39.0 Å². The lowest BCUT2D eigenvalue weighted by molar-refractivity contribution is -0.116. The summed E-state index contributed by atoms with van der Waals surface area (Å²) in [5.41, 5.74) is 2.85. The van der Waals surface area contributed by atoms with Crippen LogP contribution < -0.4 is 4.72 Å². The molecule has 1 N–H and O–H groups in total. The van der Waals surface area contributed by atoms with Crippen LogP contribution in [-0.4, -0.2) is 29.0 Å². The third-order valence-corrected chi connectivity index (χ3v) is 6.68. The van der Waals surface area contributed by atoms with E-state index in [1.807, 2.05) is 42.5 Å². The number of anilines is 1. The van der Waals surface area contributed by atoms with Crippen molar-refractivity contribution in [2.24, 2.45) is 0 Å². The number of carbonyl (C=O) groups excluding carboxylic acids is 1. The van der Waals surface area contributed by atoms with Crippen LogP contribution in [0.4, 0.5) is 5.82 Å². The van der Waals surface area contributed by atoms with Crippen LogP contribution in [0, 0.1) is 0 Å². The number of benzene rings is 2. The minimum Gasteiger partial charge on any atom is -0.300 e. The molecule has 0 unspecified atom stereocenters. The molecule has 2 aromatic heterocycles. The lowest BCUT2D eigenvalue weighted by Gasteiger charge is -2.19. The summed E-state index contributed by atoms with van der Waals surface area (Å²) in [4.78, 5) is 16.2. The Morgan fingerprint density at radius 1 is 1.03 bits per heavy atom. The number of ketones is 1. The number of carbonyl (C=O) groups is 1. The molecule has 33 heavy (non-hydrogen) atoms. The van der Waals surface area contributed by atoms with Gasteiger partial charge in [0.05, 0.1) is 28.2 Å². The molecule has 0 aliphatic rings. The number of aromatic nitrogens is 3. The summed E-state index contributed by atoms with van der Waals surface area (Å²) in [6.45, 7) is 7.69. The van der Waals surface area contributed by atoms with E-state index in [2.05, 4.69) is 35.6 Å². The number of sulfonamides is 1. The third-order valence-electron chi connectivity index (χ3n) is 5.31. The summed E-state index contributed by atoms with van der Waals surface area (Å²) in [6.07, 6.45) is 1.80. The van der Waals surface area contributed by atoms with Crippen molar-refractivity contribution >= 4 is 32.5 Å². The van der Waals surface area contributed by atoms with Gasteiger partial charge in [-0.2, -0.15) is 5.10 Å². The molecule has 0 amide bonds. The number of nitrogens with zero attached hydrogens (tertiary/aromatic N) is 3. The Labute approximate surface area is 193 Å². The van der Waals surface area contributed by atoms with E-state index < -0.39 is 10.0 Å². The number of nitrogens with one attached hydrogen (secondary N) is 1. The van der Waals surface area contributed by atoms with Crippen molar-refractivity contribution in [3.8, 4) is 5.69 Å². The largest absolute Gasteiger partial charge is 0.300 e. The van der Waals surface area contributed by atoms with E-state index in [9.17, 15) is 13.2 Å². The fourth-order valence-electron chi connectivity index (χ4n) is 3.63. The molecule has 170 valence electrons. The molecule has 0 aliphatic heterocycles. The zero-order chi connectivity index (χ0) is 23.8. The Hall–Kier alpha value is -3.52. The smallest absolute Gasteiger partial charge is 0.263 e. The van der Waals surface area contributed by atoms with Gasteiger partial charge >= 0.3 is 0 Å².